The summed E-state index contributed by atoms with van der Waals surface area (Å²) in [7, 11) is -11.8. The first-order chi connectivity index (χ1) is 16.8. The van der Waals surface area contributed by atoms with Crippen LogP contribution in [0.15, 0.2) is 18.2 Å². The number of alkyl halides is 6. The highest BCUT2D eigenvalue weighted by atomic mass is 32.2. The number of halogens is 6. The van der Waals surface area contributed by atoms with Gasteiger partial charge >= 0.3 is 31.3 Å². The zero-order valence-corrected chi connectivity index (χ0v) is 21.2. The number of fused-ring (bicyclic) bond motifs is 5. The lowest BCUT2D eigenvalue weighted by molar-refractivity contribution is -0.135. The van der Waals surface area contributed by atoms with Gasteiger partial charge in [-0.2, -0.15) is 43.2 Å². The zero-order valence-electron chi connectivity index (χ0n) is 19.6. The molecule has 6 atom stereocenters. The largest absolute Gasteiger partial charge is 0.534 e. The Kier molecular flexibility index (Phi) is 6.72. The molecule has 1 aromatic rings. The summed E-state index contributed by atoms with van der Waals surface area (Å²) in [5.41, 5.74) is -11.0. The summed E-state index contributed by atoms with van der Waals surface area (Å²) in [6.45, 7) is 3.49. The van der Waals surface area contributed by atoms with Gasteiger partial charge < -0.3 is 4.18 Å². The molecule has 1 aromatic carbocycles. The number of ketones is 1. The van der Waals surface area contributed by atoms with Crippen molar-refractivity contribution in [3.05, 3.63) is 29.3 Å². The Morgan fingerprint density at radius 2 is 1.65 bits per heavy atom. The third-order valence-corrected chi connectivity index (χ3v) is 10.1. The second-order valence-corrected chi connectivity index (χ2v) is 13.2. The van der Waals surface area contributed by atoms with Gasteiger partial charge in [0.25, 0.3) is 0 Å². The fraction of sp³-hybridized carbons (Fsp3) is 0.682. The van der Waals surface area contributed by atoms with E-state index in [9.17, 15) is 48.0 Å². The molecule has 0 spiro atoms. The van der Waals surface area contributed by atoms with Gasteiger partial charge in [-0.05, 0) is 72.6 Å². The van der Waals surface area contributed by atoms with Crippen LogP contribution in [-0.2, 0) is 35.6 Å². The van der Waals surface area contributed by atoms with Gasteiger partial charge in [0.1, 0.15) is 11.9 Å². The first kappa shape index (κ1) is 28.1. The quantitative estimate of drug-likeness (QED) is 0.280. The molecule has 15 heteroatoms. The summed E-state index contributed by atoms with van der Waals surface area (Å²) in [6.07, 6.45) is -0.423. The standard InChI is InChI=1S/C22H24F6O7S2/c1-3-11-10-20(2)16(9-17(19(20)29)35-37(32,33)22(26,27)28)15-6-4-12-8-13(5-7-14(12)18(11)15)34-36(30,31)21(23,24)25/h5,7-8,11,15-18H,3-4,6,9-10H2,1-2H3/t11-,15-,16-,17+,18+,20-/m0/s1. The molecule has 2 saturated carbocycles. The van der Waals surface area contributed by atoms with Gasteiger partial charge in [0.05, 0.1) is 0 Å². The zero-order chi connectivity index (χ0) is 27.8. The molecule has 3 aliphatic rings. The highest BCUT2D eigenvalue weighted by Crippen LogP contribution is 2.62. The van der Waals surface area contributed by atoms with Crippen LogP contribution in [0.3, 0.4) is 0 Å². The number of rotatable bonds is 5. The molecular formula is C22H24F6O7S2. The first-order valence-electron chi connectivity index (χ1n) is 11.5. The maximum absolute atomic E-state index is 13.2. The lowest BCUT2D eigenvalue weighted by Gasteiger charge is -2.52. The summed E-state index contributed by atoms with van der Waals surface area (Å²) in [6, 6.07) is 3.83. The van der Waals surface area contributed by atoms with E-state index in [4.69, 9.17) is 0 Å². The SMILES string of the molecule is CC[C@H]1C[C@]2(C)C(=O)[C@H](OS(=O)(=O)C(F)(F)F)C[C@H]2[C@@H]2CCc3cc(OS(=O)(=O)C(F)(F)F)ccc3[C@@H]12. The van der Waals surface area contributed by atoms with Crippen LogP contribution in [0.5, 0.6) is 5.75 Å². The number of benzene rings is 1. The second kappa shape index (κ2) is 8.83. The molecule has 0 aliphatic heterocycles. The summed E-state index contributed by atoms with van der Waals surface area (Å²) in [4.78, 5) is 13.2. The smallest absolute Gasteiger partial charge is 0.376 e. The van der Waals surface area contributed by atoms with Crippen LogP contribution in [-0.4, -0.2) is 39.7 Å². The highest BCUT2D eigenvalue weighted by molar-refractivity contribution is 7.88. The van der Waals surface area contributed by atoms with E-state index < -0.39 is 60.2 Å². The van der Waals surface area contributed by atoms with Gasteiger partial charge in [-0.3, -0.25) is 8.98 Å². The van der Waals surface area contributed by atoms with Crippen LogP contribution in [0, 0.1) is 23.2 Å². The third kappa shape index (κ3) is 4.64. The molecule has 3 aliphatic carbocycles. The average molecular weight is 579 g/mol. The summed E-state index contributed by atoms with van der Waals surface area (Å²) >= 11 is 0. The molecule has 0 unspecified atom stereocenters. The molecule has 37 heavy (non-hydrogen) atoms. The first-order valence-corrected chi connectivity index (χ1v) is 14.3. The van der Waals surface area contributed by atoms with Crippen LogP contribution < -0.4 is 4.18 Å². The van der Waals surface area contributed by atoms with E-state index >= 15 is 0 Å². The molecule has 0 amide bonds. The topological polar surface area (TPSA) is 104 Å². The Hall–Kier alpha value is -1.87. The Morgan fingerprint density at radius 1 is 1.03 bits per heavy atom. The van der Waals surface area contributed by atoms with Crippen molar-refractivity contribution in [3.8, 4) is 5.75 Å². The number of carbonyl (C=O) groups is 1. The minimum absolute atomic E-state index is 0.141. The van der Waals surface area contributed by atoms with E-state index in [1.807, 2.05) is 6.92 Å². The van der Waals surface area contributed by atoms with Crippen LogP contribution in [0.25, 0.3) is 0 Å². The van der Waals surface area contributed by atoms with Crippen molar-refractivity contribution >= 4 is 26.0 Å². The normalized spacial score (nSPS) is 32.4. The Morgan fingerprint density at radius 3 is 2.22 bits per heavy atom. The molecule has 7 nitrogen and oxygen atoms in total. The van der Waals surface area contributed by atoms with E-state index in [2.05, 4.69) is 8.37 Å². The van der Waals surface area contributed by atoms with Crippen LogP contribution in [0.2, 0.25) is 0 Å². The van der Waals surface area contributed by atoms with Gasteiger partial charge in [-0.25, -0.2) is 0 Å². The van der Waals surface area contributed by atoms with Crippen molar-refractivity contribution in [1.29, 1.82) is 0 Å². The summed E-state index contributed by atoms with van der Waals surface area (Å²) in [5.74, 6) is -2.24. The van der Waals surface area contributed by atoms with Gasteiger partial charge in [0, 0.05) is 5.41 Å². The average Bonchev–Trinajstić information content (AvgIpc) is 3.00. The predicted octanol–water partition coefficient (Wildman–Crippen LogP) is 4.82. The van der Waals surface area contributed by atoms with Crippen molar-refractivity contribution in [2.75, 3.05) is 0 Å². The van der Waals surface area contributed by atoms with E-state index in [-0.39, 0.29) is 30.6 Å². The van der Waals surface area contributed by atoms with Crippen LogP contribution >= 0.6 is 0 Å². The van der Waals surface area contributed by atoms with Crippen LogP contribution in [0.1, 0.15) is 56.6 Å². The number of carbonyl (C=O) groups excluding carboxylic acids is 1. The van der Waals surface area contributed by atoms with E-state index in [0.29, 0.717) is 24.8 Å². The van der Waals surface area contributed by atoms with Gasteiger partial charge in [-0.15, -0.1) is 0 Å². The Balaban J connectivity index is 1.65. The van der Waals surface area contributed by atoms with Crippen molar-refractivity contribution < 1.29 is 56.3 Å². The molecule has 0 N–H and O–H groups in total. The molecule has 0 radical (unpaired) electrons. The fourth-order valence-electron chi connectivity index (χ4n) is 6.54. The van der Waals surface area contributed by atoms with Gasteiger partial charge in [-0.1, -0.05) is 26.3 Å². The van der Waals surface area contributed by atoms with Crippen molar-refractivity contribution in [2.24, 2.45) is 23.2 Å². The number of Topliss-reactive ketones (excluding diaryl/α,β-unsaturated/α-hetero) is 1. The molecule has 208 valence electrons. The van der Waals surface area contributed by atoms with E-state index in [0.717, 1.165) is 11.6 Å². The second-order valence-electron chi connectivity index (χ2n) is 10.1. The molecule has 0 heterocycles. The predicted molar refractivity (Wildman–Crippen MR) is 116 cm³/mol. The maximum atomic E-state index is 13.2. The Labute approximate surface area is 209 Å². The molecular weight excluding hydrogens is 554 g/mol. The minimum atomic E-state index is -5.98. The van der Waals surface area contributed by atoms with Crippen LogP contribution in [0.4, 0.5) is 26.3 Å². The molecule has 4 rings (SSSR count). The van der Waals surface area contributed by atoms with Gasteiger partial charge in [0.2, 0.25) is 0 Å². The lowest BCUT2D eigenvalue weighted by Crippen LogP contribution is -2.47. The molecule has 0 saturated heterocycles. The maximum Gasteiger partial charge on any atom is 0.534 e. The highest BCUT2D eigenvalue weighted by Gasteiger charge is 2.63. The molecule has 2 fully saturated rings. The van der Waals surface area contributed by atoms with Crippen molar-refractivity contribution in [2.45, 2.75) is 69.0 Å². The van der Waals surface area contributed by atoms with Crippen molar-refractivity contribution in [1.82, 2.24) is 0 Å². The third-order valence-electron chi connectivity index (χ3n) is 8.07. The lowest BCUT2D eigenvalue weighted by atomic mass is 9.51. The molecule has 0 aromatic heterocycles. The van der Waals surface area contributed by atoms with Gasteiger partial charge in [0.15, 0.2) is 5.78 Å². The minimum Gasteiger partial charge on any atom is -0.376 e. The number of aryl methyl sites for hydroxylation is 1. The Bertz CT molecular complexity index is 1310. The number of hydrogen-bond acceptors (Lipinski definition) is 7. The summed E-state index contributed by atoms with van der Waals surface area (Å²) in [5, 5.41) is 0. The van der Waals surface area contributed by atoms with E-state index in [1.165, 1.54) is 12.1 Å². The number of hydrogen-bond donors (Lipinski definition) is 0. The molecule has 0 bridgehead atoms. The summed E-state index contributed by atoms with van der Waals surface area (Å²) < 4.78 is 131. The monoisotopic (exact) mass is 578 g/mol. The fourth-order valence-corrected chi connectivity index (χ4v) is 7.58. The van der Waals surface area contributed by atoms with Crippen molar-refractivity contribution in [3.63, 3.8) is 0 Å². The van der Waals surface area contributed by atoms with E-state index in [1.54, 1.807) is 6.92 Å².